The normalized spacial score (nSPS) is 12.0. The standard InChI is InChI=1S/C19H14F3NO4/c1-9-13-7-11(20)4-6-16(13)27-17(9)19(25)26-10(2)18(24)23-15-5-3-12(21)8-14(15)22/h3-8,10H,1-2H3,(H,23,24)/t10-/m1/s1. The minimum Gasteiger partial charge on any atom is -0.449 e. The Bertz CT molecular complexity index is 1040. The number of fused-ring (bicyclic) bond motifs is 1. The number of esters is 1. The predicted molar refractivity (Wildman–Crippen MR) is 90.8 cm³/mol. The van der Waals surface area contributed by atoms with Crippen molar-refractivity contribution in [1.82, 2.24) is 0 Å². The van der Waals surface area contributed by atoms with E-state index < -0.39 is 35.4 Å². The summed E-state index contributed by atoms with van der Waals surface area (Å²) in [6.45, 7) is 2.84. The van der Waals surface area contributed by atoms with Gasteiger partial charge in [-0.1, -0.05) is 0 Å². The molecule has 0 radical (unpaired) electrons. The Morgan fingerprint density at radius 3 is 2.44 bits per heavy atom. The molecule has 1 heterocycles. The molecule has 1 amide bonds. The largest absolute Gasteiger partial charge is 0.449 e. The second-order valence-electron chi connectivity index (χ2n) is 5.86. The molecule has 3 rings (SSSR count). The summed E-state index contributed by atoms with van der Waals surface area (Å²) in [6.07, 6.45) is -1.29. The van der Waals surface area contributed by atoms with Crippen molar-refractivity contribution >= 4 is 28.5 Å². The lowest BCUT2D eigenvalue weighted by molar-refractivity contribution is -0.123. The Hall–Kier alpha value is -3.29. The van der Waals surface area contributed by atoms with Crippen molar-refractivity contribution in [3.63, 3.8) is 0 Å². The van der Waals surface area contributed by atoms with Gasteiger partial charge in [0.05, 0.1) is 5.69 Å². The van der Waals surface area contributed by atoms with Crippen molar-refractivity contribution in [3.05, 3.63) is 65.2 Å². The molecule has 140 valence electrons. The molecule has 27 heavy (non-hydrogen) atoms. The van der Waals surface area contributed by atoms with Crippen LogP contribution in [-0.4, -0.2) is 18.0 Å². The first-order chi connectivity index (χ1) is 12.8. The van der Waals surface area contributed by atoms with E-state index in [9.17, 15) is 22.8 Å². The highest BCUT2D eigenvalue weighted by atomic mass is 19.1. The average molecular weight is 377 g/mol. The third kappa shape index (κ3) is 3.79. The maximum atomic E-state index is 13.6. The number of hydrogen-bond donors (Lipinski definition) is 1. The molecule has 5 nitrogen and oxygen atoms in total. The Kier molecular flexibility index (Phi) is 4.89. The lowest BCUT2D eigenvalue weighted by Gasteiger charge is -2.13. The third-order valence-electron chi connectivity index (χ3n) is 3.93. The average Bonchev–Trinajstić information content (AvgIpc) is 2.93. The van der Waals surface area contributed by atoms with Crippen LogP contribution in [0.1, 0.15) is 23.0 Å². The van der Waals surface area contributed by atoms with Crippen LogP contribution in [-0.2, 0) is 9.53 Å². The molecule has 3 aromatic rings. The molecule has 0 saturated carbocycles. The number of aryl methyl sites for hydroxylation is 1. The third-order valence-corrected chi connectivity index (χ3v) is 3.93. The molecule has 1 aromatic heterocycles. The smallest absolute Gasteiger partial charge is 0.375 e. The van der Waals surface area contributed by atoms with Crippen LogP contribution < -0.4 is 5.32 Å². The number of carbonyl (C=O) groups is 2. The predicted octanol–water partition coefficient (Wildman–Crippen LogP) is 4.34. The summed E-state index contributed by atoms with van der Waals surface area (Å²) in [7, 11) is 0. The van der Waals surface area contributed by atoms with Crippen molar-refractivity contribution in [1.29, 1.82) is 0 Å². The Morgan fingerprint density at radius 2 is 1.74 bits per heavy atom. The fourth-order valence-corrected chi connectivity index (χ4v) is 2.48. The number of nitrogens with one attached hydrogen (secondary N) is 1. The Morgan fingerprint density at radius 1 is 1.07 bits per heavy atom. The second-order valence-corrected chi connectivity index (χ2v) is 5.86. The van der Waals surface area contributed by atoms with Crippen LogP contribution in [0.25, 0.3) is 11.0 Å². The second kappa shape index (κ2) is 7.14. The molecule has 0 saturated heterocycles. The summed E-state index contributed by atoms with van der Waals surface area (Å²) in [5.41, 5.74) is 0.415. The van der Waals surface area contributed by atoms with E-state index in [0.29, 0.717) is 22.6 Å². The molecule has 0 bridgehead atoms. The minimum absolute atomic E-state index is 0.164. The zero-order chi connectivity index (χ0) is 19.7. The van der Waals surface area contributed by atoms with E-state index in [0.717, 1.165) is 12.1 Å². The first kappa shape index (κ1) is 18.5. The van der Waals surface area contributed by atoms with Gasteiger partial charge in [0, 0.05) is 17.0 Å². The Labute approximate surface area is 151 Å². The van der Waals surface area contributed by atoms with Gasteiger partial charge >= 0.3 is 5.97 Å². The summed E-state index contributed by atoms with van der Waals surface area (Å²) < 4.78 is 50.2. The number of amides is 1. The Balaban J connectivity index is 1.73. The number of rotatable bonds is 4. The van der Waals surface area contributed by atoms with E-state index in [1.807, 2.05) is 0 Å². The van der Waals surface area contributed by atoms with Crippen LogP contribution in [0.2, 0.25) is 0 Å². The van der Waals surface area contributed by atoms with Gasteiger partial charge in [0.15, 0.2) is 6.10 Å². The fourth-order valence-electron chi connectivity index (χ4n) is 2.48. The number of benzene rings is 2. The molecule has 0 aliphatic rings. The molecule has 2 aromatic carbocycles. The van der Waals surface area contributed by atoms with Crippen molar-refractivity contribution in [2.75, 3.05) is 5.32 Å². The first-order valence-electron chi connectivity index (χ1n) is 7.92. The van der Waals surface area contributed by atoms with Gasteiger partial charge in [0.25, 0.3) is 5.91 Å². The molecular weight excluding hydrogens is 363 g/mol. The maximum Gasteiger partial charge on any atom is 0.375 e. The van der Waals surface area contributed by atoms with Gasteiger partial charge in [-0.15, -0.1) is 0 Å². The molecule has 0 aliphatic carbocycles. The molecule has 0 spiro atoms. The number of anilines is 1. The molecule has 0 unspecified atom stereocenters. The van der Waals surface area contributed by atoms with Gasteiger partial charge in [0.2, 0.25) is 5.76 Å². The number of halogens is 3. The van der Waals surface area contributed by atoms with Gasteiger partial charge in [-0.25, -0.2) is 18.0 Å². The summed E-state index contributed by atoms with van der Waals surface area (Å²) >= 11 is 0. The van der Waals surface area contributed by atoms with Crippen LogP contribution in [0.3, 0.4) is 0 Å². The van der Waals surface area contributed by atoms with Crippen LogP contribution in [0, 0.1) is 24.4 Å². The number of carbonyl (C=O) groups excluding carboxylic acids is 2. The van der Waals surface area contributed by atoms with Crippen LogP contribution in [0.15, 0.2) is 40.8 Å². The van der Waals surface area contributed by atoms with Gasteiger partial charge in [-0.3, -0.25) is 4.79 Å². The lowest BCUT2D eigenvalue weighted by atomic mass is 10.1. The van der Waals surface area contributed by atoms with Crippen molar-refractivity contribution < 1.29 is 31.9 Å². The summed E-state index contributed by atoms with van der Waals surface area (Å²) in [5.74, 6) is -4.14. The highest BCUT2D eigenvalue weighted by Gasteiger charge is 2.25. The highest BCUT2D eigenvalue weighted by Crippen LogP contribution is 2.27. The van der Waals surface area contributed by atoms with E-state index >= 15 is 0 Å². The number of furan rings is 1. The minimum atomic E-state index is -1.29. The molecule has 8 heteroatoms. The molecule has 0 aliphatic heterocycles. The van der Waals surface area contributed by atoms with E-state index in [-0.39, 0.29) is 11.4 Å². The highest BCUT2D eigenvalue weighted by molar-refractivity contribution is 5.99. The molecule has 1 atom stereocenters. The first-order valence-corrected chi connectivity index (χ1v) is 7.92. The number of ether oxygens (including phenoxy) is 1. The van der Waals surface area contributed by atoms with Crippen molar-refractivity contribution in [2.45, 2.75) is 20.0 Å². The van der Waals surface area contributed by atoms with Crippen LogP contribution in [0.4, 0.5) is 18.9 Å². The van der Waals surface area contributed by atoms with Crippen LogP contribution >= 0.6 is 0 Å². The quantitative estimate of drug-likeness (QED) is 0.687. The fraction of sp³-hybridized carbons (Fsp3) is 0.158. The van der Waals surface area contributed by atoms with Gasteiger partial charge in [-0.2, -0.15) is 0 Å². The van der Waals surface area contributed by atoms with Gasteiger partial charge in [0.1, 0.15) is 23.0 Å². The molecule has 0 fully saturated rings. The topological polar surface area (TPSA) is 68.5 Å². The molecular formula is C19H14F3NO4. The summed E-state index contributed by atoms with van der Waals surface area (Å²) in [4.78, 5) is 24.4. The zero-order valence-electron chi connectivity index (χ0n) is 14.3. The van der Waals surface area contributed by atoms with Gasteiger partial charge < -0.3 is 14.5 Å². The number of hydrogen-bond acceptors (Lipinski definition) is 4. The van der Waals surface area contributed by atoms with Gasteiger partial charge in [-0.05, 0) is 44.2 Å². The van der Waals surface area contributed by atoms with Crippen molar-refractivity contribution in [2.24, 2.45) is 0 Å². The summed E-state index contributed by atoms with van der Waals surface area (Å²) in [5, 5.41) is 2.61. The SMILES string of the molecule is Cc1c(C(=O)O[C@H](C)C(=O)Nc2ccc(F)cc2F)oc2ccc(F)cc12. The van der Waals surface area contributed by atoms with E-state index in [1.54, 1.807) is 6.92 Å². The summed E-state index contributed by atoms with van der Waals surface area (Å²) in [6, 6.07) is 6.43. The molecule has 1 N–H and O–H groups in total. The lowest BCUT2D eigenvalue weighted by Crippen LogP contribution is -2.30. The zero-order valence-corrected chi connectivity index (χ0v) is 14.3. The van der Waals surface area contributed by atoms with E-state index in [1.165, 1.54) is 25.1 Å². The van der Waals surface area contributed by atoms with E-state index in [4.69, 9.17) is 9.15 Å². The monoisotopic (exact) mass is 377 g/mol. The maximum absolute atomic E-state index is 13.6. The van der Waals surface area contributed by atoms with E-state index in [2.05, 4.69) is 5.32 Å². The van der Waals surface area contributed by atoms with Crippen molar-refractivity contribution in [3.8, 4) is 0 Å². The van der Waals surface area contributed by atoms with Crippen LogP contribution in [0.5, 0.6) is 0 Å².